The van der Waals surface area contributed by atoms with Crippen LogP contribution in [0.4, 0.5) is 14.9 Å². The number of alkyl halides is 1. The van der Waals surface area contributed by atoms with Crippen LogP contribution in [0.1, 0.15) is 25.8 Å². The highest BCUT2D eigenvalue weighted by molar-refractivity contribution is 5.95. The number of aromatic nitrogens is 1. The van der Waals surface area contributed by atoms with Crippen molar-refractivity contribution in [3.8, 4) is 23.1 Å². The number of anilines is 1. The number of carbonyl (C=O) groups is 1. The van der Waals surface area contributed by atoms with Crippen molar-refractivity contribution in [3.63, 3.8) is 0 Å². The fourth-order valence-corrected chi connectivity index (χ4v) is 3.44. The summed E-state index contributed by atoms with van der Waals surface area (Å²) in [6, 6.07) is 14.9. The van der Waals surface area contributed by atoms with Gasteiger partial charge in [0.1, 0.15) is 25.1 Å². The summed E-state index contributed by atoms with van der Waals surface area (Å²) in [5.41, 5.74) is 3.79. The van der Waals surface area contributed by atoms with Crippen molar-refractivity contribution >= 4 is 22.6 Å². The molecule has 2 amide bonds. The van der Waals surface area contributed by atoms with Gasteiger partial charge >= 0.3 is 6.03 Å². The van der Waals surface area contributed by atoms with E-state index < -0.39 is 6.67 Å². The van der Waals surface area contributed by atoms with E-state index in [9.17, 15) is 14.4 Å². The summed E-state index contributed by atoms with van der Waals surface area (Å²) in [6.07, 6.45) is 0.866. The molecule has 156 valence electrons. The third-order valence-electron chi connectivity index (χ3n) is 4.76. The number of aryl methyl sites for hydroxylation is 1. The molecule has 30 heavy (non-hydrogen) atoms. The highest BCUT2D eigenvalue weighted by atomic mass is 19.1. The van der Waals surface area contributed by atoms with Crippen LogP contribution in [0.25, 0.3) is 22.2 Å². The molecule has 2 aromatic carbocycles. The molecule has 0 spiro atoms. The van der Waals surface area contributed by atoms with Gasteiger partial charge in [-0.3, -0.25) is 0 Å². The van der Waals surface area contributed by atoms with Gasteiger partial charge in [-0.2, -0.15) is 5.26 Å². The molecule has 0 saturated heterocycles. The van der Waals surface area contributed by atoms with Crippen molar-refractivity contribution in [2.24, 2.45) is 0 Å². The number of nitrogens with zero attached hydrogens (tertiary/aromatic N) is 2. The third kappa shape index (κ3) is 4.38. The Morgan fingerprint density at radius 1 is 1.20 bits per heavy atom. The molecule has 0 saturated carbocycles. The Morgan fingerprint density at radius 2 is 1.97 bits per heavy atom. The second-order valence-corrected chi connectivity index (χ2v) is 6.75. The molecule has 0 aliphatic heterocycles. The maximum Gasteiger partial charge on any atom is 0.319 e. The monoisotopic (exact) mass is 408 g/mol. The molecule has 0 fully saturated rings. The van der Waals surface area contributed by atoms with Crippen molar-refractivity contribution in [2.45, 2.75) is 26.8 Å². The second kappa shape index (κ2) is 9.79. The number of nitriles is 1. The lowest BCUT2D eigenvalue weighted by atomic mass is 10.1. The minimum Gasteiger partial charge on any atom is -0.491 e. The van der Waals surface area contributed by atoms with Crippen molar-refractivity contribution in [2.75, 3.05) is 25.1 Å². The van der Waals surface area contributed by atoms with Gasteiger partial charge < -0.3 is 19.9 Å². The van der Waals surface area contributed by atoms with Gasteiger partial charge in [-0.25, -0.2) is 9.18 Å². The normalized spacial score (nSPS) is 10.6. The zero-order chi connectivity index (χ0) is 21.5. The number of ether oxygens (including phenoxy) is 1. The number of hydrogen-bond acceptors (Lipinski definition) is 3. The molecular formula is C23H25FN4O2. The van der Waals surface area contributed by atoms with Gasteiger partial charge in [-0.1, -0.05) is 19.1 Å². The van der Waals surface area contributed by atoms with Crippen LogP contribution < -0.4 is 15.4 Å². The molecule has 3 rings (SSSR count). The maximum atomic E-state index is 12.5. The van der Waals surface area contributed by atoms with E-state index in [-0.39, 0.29) is 12.6 Å². The van der Waals surface area contributed by atoms with Gasteiger partial charge in [0.05, 0.1) is 16.8 Å². The lowest BCUT2D eigenvalue weighted by molar-refractivity contribution is 0.252. The quantitative estimate of drug-likeness (QED) is 0.545. The van der Waals surface area contributed by atoms with Crippen LogP contribution in [0.5, 0.6) is 5.75 Å². The zero-order valence-corrected chi connectivity index (χ0v) is 17.2. The van der Waals surface area contributed by atoms with Crippen molar-refractivity contribution in [1.82, 2.24) is 9.88 Å². The van der Waals surface area contributed by atoms with Gasteiger partial charge in [0, 0.05) is 30.2 Å². The molecule has 0 aliphatic carbocycles. The molecule has 6 nitrogen and oxygen atoms in total. The Balaban J connectivity index is 1.98. The number of halogens is 1. The summed E-state index contributed by atoms with van der Waals surface area (Å²) < 4.78 is 19.9. The van der Waals surface area contributed by atoms with Gasteiger partial charge in [-0.15, -0.1) is 0 Å². The predicted octanol–water partition coefficient (Wildman–Crippen LogP) is 5.08. The Hall–Kier alpha value is -3.53. The SMILES string of the molecule is CCCNC(=O)Nc1ccc(-c2c(C#N)c3ccc(OCCF)cc3n2CC)cc1. The fraction of sp³-hybridized carbons (Fsp3) is 0.304. The largest absolute Gasteiger partial charge is 0.491 e. The summed E-state index contributed by atoms with van der Waals surface area (Å²) in [7, 11) is 0. The summed E-state index contributed by atoms with van der Waals surface area (Å²) >= 11 is 0. The number of fused-ring (bicyclic) bond motifs is 1. The number of benzene rings is 2. The number of nitrogens with one attached hydrogen (secondary N) is 2. The van der Waals surface area contributed by atoms with Crippen LogP contribution in [0.3, 0.4) is 0 Å². The molecule has 0 atom stereocenters. The second-order valence-electron chi connectivity index (χ2n) is 6.75. The number of rotatable bonds is 8. The molecule has 2 N–H and O–H groups in total. The molecular weight excluding hydrogens is 383 g/mol. The maximum absolute atomic E-state index is 12.5. The topological polar surface area (TPSA) is 79.1 Å². The van der Waals surface area contributed by atoms with E-state index in [0.717, 1.165) is 28.6 Å². The fourth-order valence-electron chi connectivity index (χ4n) is 3.44. The van der Waals surface area contributed by atoms with Crippen molar-refractivity contribution in [3.05, 3.63) is 48.0 Å². The average molecular weight is 408 g/mol. The Kier molecular flexibility index (Phi) is 6.91. The number of hydrogen-bond donors (Lipinski definition) is 2. The highest BCUT2D eigenvalue weighted by Crippen LogP contribution is 2.35. The van der Waals surface area contributed by atoms with E-state index in [0.29, 0.717) is 30.1 Å². The van der Waals surface area contributed by atoms with Gasteiger partial charge in [0.2, 0.25) is 0 Å². The summed E-state index contributed by atoms with van der Waals surface area (Å²) in [4.78, 5) is 11.8. The van der Waals surface area contributed by atoms with Crippen molar-refractivity contribution < 1.29 is 13.9 Å². The first-order valence-corrected chi connectivity index (χ1v) is 10.0. The Morgan fingerprint density at radius 3 is 2.60 bits per heavy atom. The molecule has 1 aromatic heterocycles. The van der Waals surface area contributed by atoms with E-state index in [4.69, 9.17) is 4.74 Å². The minimum absolute atomic E-state index is 0.00337. The third-order valence-corrected chi connectivity index (χ3v) is 4.76. The molecule has 0 unspecified atom stereocenters. The smallest absolute Gasteiger partial charge is 0.319 e. The van der Waals surface area contributed by atoms with Crippen molar-refractivity contribution in [1.29, 1.82) is 5.26 Å². The van der Waals surface area contributed by atoms with E-state index in [2.05, 4.69) is 16.7 Å². The van der Waals surface area contributed by atoms with Gasteiger partial charge in [0.25, 0.3) is 0 Å². The average Bonchev–Trinajstić information content (AvgIpc) is 3.09. The molecule has 7 heteroatoms. The summed E-state index contributed by atoms with van der Waals surface area (Å²) in [6.45, 7) is 4.70. The standard InChI is InChI=1S/C23H25FN4O2/c1-3-12-26-23(29)27-17-7-5-16(6-8-17)22-20(15-25)19-10-9-18(30-13-11-24)14-21(19)28(22)4-2/h5-10,14H,3-4,11-13H2,1-2H3,(H2,26,27,29). The van der Waals surface area contributed by atoms with Crippen LogP contribution >= 0.6 is 0 Å². The number of amides is 2. The molecule has 0 radical (unpaired) electrons. The van der Waals surface area contributed by atoms with Gasteiger partial charge in [0.15, 0.2) is 0 Å². The molecule has 0 bridgehead atoms. The van der Waals surface area contributed by atoms with Gasteiger partial charge in [-0.05, 0) is 43.2 Å². The van der Waals surface area contributed by atoms with E-state index in [1.165, 1.54) is 0 Å². The predicted molar refractivity (Wildman–Crippen MR) is 117 cm³/mol. The first kappa shape index (κ1) is 21.2. The van der Waals surface area contributed by atoms with Crippen LogP contribution in [0.15, 0.2) is 42.5 Å². The first-order valence-electron chi connectivity index (χ1n) is 10.0. The minimum atomic E-state index is -0.557. The van der Waals surface area contributed by atoms with Crippen LogP contribution in [-0.4, -0.2) is 30.4 Å². The molecule has 0 aliphatic rings. The van der Waals surface area contributed by atoms with E-state index in [1.807, 2.05) is 54.8 Å². The Labute approximate surface area is 175 Å². The van der Waals surface area contributed by atoms with Crippen LogP contribution in [0.2, 0.25) is 0 Å². The van der Waals surface area contributed by atoms with Crippen LogP contribution in [-0.2, 0) is 6.54 Å². The summed E-state index contributed by atoms with van der Waals surface area (Å²) in [5.74, 6) is 0.570. The highest BCUT2D eigenvalue weighted by Gasteiger charge is 2.18. The van der Waals surface area contributed by atoms with E-state index >= 15 is 0 Å². The number of urea groups is 1. The molecule has 1 heterocycles. The first-order chi connectivity index (χ1) is 14.6. The van der Waals surface area contributed by atoms with Crippen LogP contribution in [0, 0.1) is 11.3 Å². The van der Waals surface area contributed by atoms with E-state index in [1.54, 1.807) is 6.07 Å². The Bertz CT molecular complexity index is 1070. The lowest BCUT2D eigenvalue weighted by Gasteiger charge is -2.11. The zero-order valence-electron chi connectivity index (χ0n) is 17.2. The summed E-state index contributed by atoms with van der Waals surface area (Å²) in [5, 5.41) is 16.2. The number of carbonyl (C=O) groups excluding carboxylic acids is 1. The lowest BCUT2D eigenvalue weighted by Crippen LogP contribution is -2.29. The molecule has 3 aromatic rings.